The normalized spacial score (nSPS) is 10.4. The van der Waals surface area contributed by atoms with Gasteiger partial charge in [-0.15, -0.1) is 0 Å². The molecule has 0 atom stereocenters. The number of hydrogen-bond donors (Lipinski definition) is 1. The quantitative estimate of drug-likeness (QED) is 0.649. The third-order valence-electron chi connectivity index (χ3n) is 2.60. The summed E-state index contributed by atoms with van der Waals surface area (Å²) >= 11 is 1.19. The molecule has 6 heteroatoms. The maximum Gasteiger partial charge on any atom is 0.324 e. The number of nitrogens with zero attached hydrogens (tertiary/aromatic N) is 1. The van der Waals surface area contributed by atoms with Gasteiger partial charge in [-0.05, 0) is 12.1 Å². The molecule has 1 heterocycles. The van der Waals surface area contributed by atoms with E-state index in [0.717, 1.165) is 16.1 Å². The van der Waals surface area contributed by atoms with E-state index in [1.165, 1.54) is 17.4 Å². The molecule has 1 aromatic heterocycles. The molecule has 2 aromatic rings. The van der Waals surface area contributed by atoms with E-state index < -0.39 is 0 Å². The number of para-hydroxylation sites is 1. The maximum atomic E-state index is 10.6. The Morgan fingerprint density at radius 2 is 2.11 bits per heavy atom. The van der Waals surface area contributed by atoms with Crippen molar-refractivity contribution in [2.45, 2.75) is 13.2 Å². The Kier molecular flexibility index (Phi) is 4.48. The van der Waals surface area contributed by atoms with Crippen molar-refractivity contribution in [3.8, 4) is 0 Å². The van der Waals surface area contributed by atoms with E-state index in [-0.39, 0.29) is 9.92 Å². The second-order valence-corrected chi connectivity index (χ2v) is 5.09. The van der Waals surface area contributed by atoms with E-state index in [2.05, 4.69) is 5.32 Å². The number of benzene rings is 1. The second-order valence-electron chi connectivity index (χ2n) is 3.94. The Morgan fingerprint density at radius 1 is 1.32 bits per heavy atom. The molecule has 0 unspecified atom stereocenters. The van der Waals surface area contributed by atoms with Crippen LogP contribution >= 0.6 is 11.3 Å². The van der Waals surface area contributed by atoms with Crippen LogP contribution in [-0.4, -0.2) is 12.0 Å². The molecule has 0 fully saturated rings. The number of anilines is 1. The minimum absolute atomic E-state index is 0.168. The van der Waals surface area contributed by atoms with Gasteiger partial charge in [0.2, 0.25) is 0 Å². The van der Waals surface area contributed by atoms with E-state index in [0.29, 0.717) is 13.2 Å². The fraction of sp³-hybridized carbons (Fsp3) is 0.231. The van der Waals surface area contributed by atoms with Crippen LogP contribution in [0.5, 0.6) is 0 Å². The summed E-state index contributed by atoms with van der Waals surface area (Å²) in [4.78, 5) is 11.2. The zero-order valence-electron chi connectivity index (χ0n) is 10.5. The number of thiophene rings is 1. The van der Waals surface area contributed by atoms with Crippen LogP contribution in [-0.2, 0) is 17.9 Å². The van der Waals surface area contributed by atoms with Gasteiger partial charge < -0.3 is 10.1 Å². The fourth-order valence-electron chi connectivity index (χ4n) is 1.72. The molecular formula is C13H14N2O3S. The van der Waals surface area contributed by atoms with E-state index in [4.69, 9.17) is 4.74 Å². The van der Waals surface area contributed by atoms with Gasteiger partial charge in [0.1, 0.15) is 0 Å². The number of rotatable bonds is 6. The highest BCUT2D eigenvalue weighted by Gasteiger charge is 2.09. The molecule has 5 nitrogen and oxygen atoms in total. The zero-order chi connectivity index (χ0) is 13.7. The van der Waals surface area contributed by atoms with Crippen LogP contribution in [0, 0.1) is 10.1 Å². The maximum absolute atomic E-state index is 10.6. The molecule has 0 aliphatic rings. The van der Waals surface area contributed by atoms with Crippen LogP contribution in [0.1, 0.15) is 10.4 Å². The summed E-state index contributed by atoms with van der Waals surface area (Å²) in [5, 5.41) is 14.0. The van der Waals surface area contributed by atoms with Gasteiger partial charge in [0.25, 0.3) is 0 Å². The van der Waals surface area contributed by atoms with Gasteiger partial charge in [-0.3, -0.25) is 10.1 Å². The molecule has 1 N–H and O–H groups in total. The lowest BCUT2D eigenvalue weighted by Crippen LogP contribution is -2.01. The number of nitro groups is 1. The third kappa shape index (κ3) is 3.52. The zero-order valence-corrected chi connectivity index (χ0v) is 11.3. The molecular weight excluding hydrogens is 264 g/mol. The topological polar surface area (TPSA) is 64.4 Å². The predicted octanol–water partition coefficient (Wildman–Crippen LogP) is 3.41. The average Bonchev–Trinajstić information content (AvgIpc) is 2.87. The van der Waals surface area contributed by atoms with E-state index in [1.54, 1.807) is 13.2 Å². The lowest BCUT2D eigenvalue weighted by Gasteiger charge is -2.10. The van der Waals surface area contributed by atoms with Gasteiger partial charge in [0, 0.05) is 35.8 Å². The predicted molar refractivity (Wildman–Crippen MR) is 75.5 cm³/mol. The number of ether oxygens (including phenoxy) is 1. The molecule has 0 aliphatic carbocycles. The van der Waals surface area contributed by atoms with Crippen LogP contribution in [0.4, 0.5) is 10.7 Å². The first kappa shape index (κ1) is 13.5. The van der Waals surface area contributed by atoms with Crippen molar-refractivity contribution in [3.05, 3.63) is 57.0 Å². The van der Waals surface area contributed by atoms with E-state index >= 15 is 0 Å². The Balaban J connectivity index is 2.03. The summed E-state index contributed by atoms with van der Waals surface area (Å²) in [5.41, 5.74) is 2.05. The molecule has 0 bridgehead atoms. The van der Waals surface area contributed by atoms with Gasteiger partial charge in [-0.2, -0.15) is 0 Å². The van der Waals surface area contributed by atoms with E-state index in [9.17, 15) is 10.1 Å². The van der Waals surface area contributed by atoms with Crippen molar-refractivity contribution in [3.63, 3.8) is 0 Å². The number of hydrogen-bond acceptors (Lipinski definition) is 5. The molecule has 0 radical (unpaired) electrons. The van der Waals surface area contributed by atoms with Gasteiger partial charge in [-0.25, -0.2) is 0 Å². The summed E-state index contributed by atoms with van der Waals surface area (Å²) in [6, 6.07) is 11.2. The first-order valence-corrected chi connectivity index (χ1v) is 6.56. The summed E-state index contributed by atoms with van der Waals surface area (Å²) in [6.07, 6.45) is 0. The Hall–Kier alpha value is -1.92. The van der Waals surface area contributed by atoms with Crippen molar-refractivity contribution in [2.24, 2.45) is 0 Å². The van der Waals surface area contributed by atoms with Crippen LogP contribution in [0.15, 0.2) is 36.4 Å². The SMILES string of the molecule is COCc1ccccc1NCc1ccc([N+](=O)[O-])s1. The lowest BCUT2D eigenvalue weighted by molar-refractivity contribution is -0.380. The molecule has 0 spiro atoms. The summed E-state index contributed by atoms with van der Waals surface area (Å²) < 4.78 is 5.13. The minimum atomic E-state index is -0.368. The van der Waals surface area contributed by atoms with Crippen LogP contribution < -0.4 is 5.32 Å². The second kappa shape index (κ2) is 6.31. The summed E-state index contributed by atoms with van der Waals surface area (Å²) in [5.74, 6) is 0. The largest absolute Gasteiger partial charge is 0.380 e. The smallest absolute Gasteiger partial charge is 0.324 e. The highest BCUT2D eigenvalue weighted by atomic mass is 32.1. The monoisotopic (exact) mass is 278 g/mol. The average molecular weight is 278 g/mol. The van der Waals surface area contributed by atoms with Crippen molar-refractivity contribution in [2.75, 3.05) is 12.4 Å². The van der Waals surface area contributed by atoms with Crippen LogP contribution in [0.25, 0.3) is 0 Å². The molecule has 0 aliphatic heterocycles. The highest BCUT2D eigenvalue weighted by molar-refractivity contribution is 7.15. The molecule has 100 valence electrons. The van der Waals surface area contributed by atoms with Crippen LogP contribution in [0.2, 0.25) is 0 Å². The molecule has 2 rings (SSSR count). The summed E-state index contributed by atoms with van der Waals surface area (Å²) in [6.45, 7) is 1.10. The van der Waals surface area contributed by atoms with Gasteiger partial charge in [0.15, 0.2) is 0 Å². The van der Waals surface area contributed by atoms with Crippen molar-refractivity contribution in [1.29, 1.82) is 0 Å². The fourth-order valence-corrected chi connectivity index (χ4v) is 2.48. The first-order chi connectivity index (χ1) is 9.20. The van der Waals surface area contributed by atoms with Gasteiger partial charge in [0.05, 0.1) is 11.5 Å². The Morgan fingerprint density at radius 3 is 2.79 bits per heavy atom. The first-order valence-electron chi connectivity index (χ1n) is 5.74. The highest BCUT2D eigenvalue weighted by Crippen LogP contribution is 2.25. The minimum Gasteiger partial charge on any atom is -0.380 e. The van der Waals surface area contributed by atoms with Crippen molar-refractivity contribution >= 4 is 22.0 Å². The molecule has 0 amide bonds. The molecule has 19 heavy (non-hydrogen) atoms. The van der Waals surface area contributed by atoms with Gasteiger partial charge in [-0.1, -0.05) is 29.5 Å². The van der Waals surface area contributed by atoms with Crippen molar-refractivity contribution < 1.29 is 9.66 Å². The summed E-state index contributed by atoms with van der Waals surface area (Å²) in [7, 11) is 1.65. The molecule has 1 aromatic carbocycles. The number of methoxy groups -OCH3 is 1. The number of nitrogens with one attached hydrogen (secondary N) is 1. The van der Waals surface area contributed by atoms with Gasteiger partial charge >= 0.3 is 5.00 Å². The standard InChI is InChI=1S/C13H14N2O3S/c1-18-9-10-4-2-3-5-12(10)14-8-11-6-7-13(19-11)15(16)17/h2-7,14H,8-9H2,1H3. The third-order valence-corrected chi connectivity index (χ3v) is 3.63. The molecule has 0 saturated carbocycles. The Labute approximate surface area is 115 Å². The Bertz CT molecular complexity index is 569. The molecule has 0 saturated heterocycles. The van der Waals surface area contributed by atoms with E-state index in [1.807, 2.05) is 24.3 Å². The van der Waals surface area contributed by atoms with Crippen LogP contribution in [0.3, 0.4) is 0 Å². The van der Waals surface area contributed by atoms with Crippen molar-refractivity contribution in [1.82, 2.24) is 0 Å². The lowest BCUT2D eigenvalue weighted by atomic mass is 10.2.